The topological polar surface area (TPSA) is 81.7 Å². The van der Waals surface area contributed by atoms with Gasteiger partial charge in [0.25, 0.3) is 0 Å². The standard InChI is InChI=1S/C16H24ClN3O3/c1-3-20(4-2)10-9-18-14(16(22)23)11-15(21)19-13-8-6-5-7-12(13)17/h5-8,14,18H,3-4,9-11H2,1-2H3,(H,19,21)(H,22,23)/t14-/m1/s1. The van der Waals surface area contributed by atoms with Gasteiger partial charge in [0.05, 0.1) is 17.1 Å². The number of carboxylic acids is 1. The van der Waals surface area contributed by atoms with Gasteiger partial charge in [0.2, 0.25) is 5.91 Å². The summed E-state index contributed by atoms with van der Waals surface area (Å²) in [6, 6.07) is 5.91. The maximum Gasteiger partial charge on any atom is 0.321 e. The normalized spacial score (nSPS) is 12.2. The highest BCUT2D eigenvalue weighted by Crippen LogP contribution is 2.20. The van der Waals surface area contributed by atoms with E-state index in [0.717, 1.165) is 19.6 Å². The maximum absolute atomic E-state index is 12.0. The van der Waals surface area contributed by atoms with Crippen LogP contribution in [0.2, 0.25) is 5.02 Å². The van der Waals surface area contributed by atoms with Gasteiger partial charge in [0, 0.05) is 13.1 Å². The molecule has 23 heavy (non-hydrogen) atoms. The molecular weight excluding hydrogens is 318 g/mol. The molecule has 0 aliphatic carbocycles. The third kappa shape index (κ3) is 6.99. The minimum Gasteiger partial charge on any atom is -0.480 e. The first-order valence-electron chi connectivity index (χ1n) is 7.70. The zero-order valence-electron chi connectivity index (χ0n) is 13.5. The fourth-order valence-electron chi connectivity index (χ4n) is 2.13. The summed E-state index contributed by atoms with van der Waals surface area (Å²) >= 11 is 5.97. The molecule has 1 rings (SSSR count). The van der Waals surface area contributed by atoms with Crippen LogP contribution in [0.1, 0.15) is 20.3 Å². The van der Waals surface area contributed by atoms with Gasteiger partial charge in [0.15, 0.2) is 0 Å². The number of carbonyl (C=O) groups is 2. The van der Waals surface area contributed by atoms with Crippen molar-refractivity contribution in [2.45, 2.75) is 26.3 Å². The minimum atomic E-state index is -1.04. The second kappa shape index (κ2) is 10.2. The lowest BCUT2D eigenvalue weighted by Crippen LogP contribution is -2.43. The molecule has 0 aliphatic heterocycles. The van der Waals surface area contributed by atoms with Crippen LogP contribution in [-0.2, 0) is 9.59 Å². The Bertz CT molecular complexity index is 521. The van der Waals surface area contributed by atoms with Crippen LogP contribution in [0.25, 0.3) is 0 Å². The van der Waals surface area contributed by atoms with Gasteiger partial charge in [-0.3, -0.25) is 9.59 Å². The van der Waals surface area contributed by atoms with E-state index in [1.54, 1.807) is 24.3 Å². The molecule has 1 amide bonds. The first-order chi connectivity index (χ1) is 11.0. The first-order valence-corrected chi connectivity index (χ1v) is 8.08. The molecule has 0 fully saturated rings. The number of hydrogen-bond donors (Lipinski definition) is 3. The number of nitrogens with zero attached hydrogens (tertiary/aromatic N) is 1. The van der Waals surface area contributed by atoms with Crippen LogP contribution in [0.5, 0.6) is 0 Å². The minimum absolute atomic E-state index is 0.154. The molecule has 0 aliphatic rings. The molecule has 0 aromatic heterocycles. The van der Waals surface area contributed by atoms with Gasteiger partial charge in [-0.2, -0.15) is 0 Å². The van der Waals surface area contributed by atoms with Crippen LogP contribution in [0.15, 0.2) is 24.3 Å². The Kier molecular flexibility index (Phi) is 8.61. The number of anilines is 1. The van der Waals surface area contributed by atoms with Crippen molar-refractivity contribution in [1.29, 1.82) is 0 Å². The zero-order chi connectivity index (χ0) is 17.2. The van der Waals surface area contributed by atoms with Gasteiger partial charge < -0.3 is 20.6 Å². The van der Waals surface area contributed by atoms with Crippen LogP contribution in [0.3, 0.4) is 0 Å². The number of carbonyl (C=O) groups excluding carboxylic acids is 1. The number of likely N-dealkylation sites (N-methyl/N-ethyl adjacent to an activating group) is 1. The van der Waals surface area contributed by atoms with Crippen molar-refractivity contribution in [3.05, 3.63) is 29.3 Å². The summed E-state index contributed by atoms with van der Waals surface area (Å²) in [4.78, 5) is 25.5. The van der Waals surface area contributed by atoms with Crippen molar-refractivity contribution in [3.63, 3.8) is 0 Å². The summed E-state index contributed by atoms with van der Waals surface area (Å²) in [5.74, 6) is -1.43. The van der Waals surface area contributed by atoms with Gasteiger partial charge in [-0.15, -0.1) is 0 Å². The van der Waals surface area contributed by atoms with Gasteiger partial charge in [-0.05, 0) is 25.2 Å². The Morgan fingerprint density at radius 2 is 1.91 bits per heavy atom. The highest BCUT2D eigenvalue weighted by molar-refractivity contribution is 6.33. The van der Waals surface area contributed by atoms with Crippen molar-refractivity contribution in [3.8, 4) is 0 Å². The van der Waals surface area contributed by atoms with Crippen LogP contribution in [0.4, 0.5) is 5.69 Å². The monoisotopic (exact) mass is 341 g/mol. The predicted octanol–water partition coefficient (Wildman–Crippen LogP) is 2.05. The summed E-state index contributed by atoms with van der Waals surface area (Å²) in [5.41, 5.74) is 0.478. The summed E-state index contributed by atoms with van der Waals surface area (Å²) in [6.07, 6.45) is -0.154. The summed E-state index contributed by atoms with van der Waals surface area (Å²) in [7, 11) is 0. The molecule has 0 saturated carbocycles. The molecule has 0 heterocycles. The number of rotatable bonds is 10. The number of halogens is 1. The van der Waals surface area contributed by atoms with Gasteiger partial charge in [-0.1, -0.05) is 37.6 Å². The summed E-state index contributed by atoms with van der Waals surface area (Å²) in [6.45, 7) is 7.16. The molecule has 3 N–H and O–H groups in total. The summed E-state index contributed by atoms with van der Waals surface area (Å²) < 4.78 is 0. The van der Waals surface area contributed by atoms with E-state index in [1.165, 1.54) is 0 Å². The molecule has 1 aromatic rings. The Morgan fingerprint density at radius 3 is 2.48 bits per heavy atom. The number of nitrogens with one attached hydrogen (secondary N) is 2. The van der Waals surface area contributed by atoms with E-state index in [4.69, 9.17) is 11.6 Å². The van der Waals surface area contributed by atoms with Crippen LogP contribution in [-0.4, -0.2) is 54.1 Å². The Morgan fingerprint density at radius 1 is 1.26 bits per heavy atom. The van der Waals surface area contributed by atoms with Crippen molar-refractivity contribution < 1.29 is 14.7 Å². The van der Waals surface area contributed by atoms with E-state index in [9.17, 15) is 14.7 Å². The molecule has 7 heteroatoms. The van der Waals surface area contributed by atoms with Gasteiger partial charge >= 0.3 is 5.97 Å². The zero-order valence-corrected chi connectivity index (χ0v) is 14.3. The van der Waals surface area contributed by atoms with Crippen molar-refractivity contribution in [2.75, 3.05) is 31.5 Å². The fraction of sp³-hybridized carbons (Fsp3) is 0.500. The Hall–Kier alpha value is -1.63. The van der Waals surface area contributed by atoms with E-state index < -0.39 is 12.0 Å². The van der Waals surface area contributed by atoms with E-state index in [0.29, 0.717) is 17.3 Å². The molecule has 128 valence electrons. The second-order valence-corrected chi connectivity index (χ2v) is 5.51. The molecule has 0 spiro atoms. The summed E-state index contributed by atoms with van der Waals surface area (Å²) in [5, 5.41) is 15.2. The average Bonchev–Trinajstić information content (AvgIpc) is 2.52. The van der Waals surface area contributed by atoms with Crippen molar-refractivity contribution >= 4 is 29.2 Å². The maximum atomic E-state index is 12.0. The smallest absolute Gasteiger partial charge is 0.321 e. The average molecular weight is 342 g/mol. The molecule has 0 radical (unpaired) electrons. The number of para-hydroxylation sites is 1. The fourth-order valence-corrected chi connectivity index (χ4v) is 2.32. The lowest BCUT2D eigenvalue weighted by atomic mass is 10.2. The molecule has 1 atom stereocenters. The molecule has 0 saturated heterocycles. The molecule has 0 unspecified atom stereocenters. The lowest BCUT2D eigenvalue weighted by molar-refractivity contribution is -0.141. The number of carboxylic acid groups (broad SMARTS) is 1. The third-order valence-electron chi connectivity index (χ3n) is 3.55. The molecule has 0 bridgehead atoms. The number of amides is 1. The van der Waals surface area contributed by atoms with Crippen LogP contribution >= 0.6 is 11.6 Å². The van der Waals surface area contributed by atoms with E-state index >= 15 is 0 Å². The largest absolute Gasteiger partial charge is 0.480 e. The first kappa shape index (κ1) is 19.4. The van der Waals surface area contributed by atoms with Gasteiger partial charge in [0.1, 0.15) is 6.04 Å². The van der Waals surface area contributed by atoms with E-state index in [2.05, 4.69) is 29.4 Å². The number of hydrogen-bond acceptors (Lipinski definition) is 4. The van der Waals surface area contributed by atoms with Gasteiger partial charge in [-0.25, -0.2) is 0 Å². The quantitative estimate of drug-likeness (QED) is 0.607. The number of benzene rings is 1. The SMILES string of the molecule is CCN(CC)CCN[C@H](CC(=O)Nc1ccccc1Cl)C(=O)O. The highest BCUT2D eigenvalue weighted by atomic mass is 35.5. The second-order valence-electron chi connectivity index (χ2n) is 5.10. The van der Waals surface area contributed by atoms with Crippen molar-refractivity contribution in [1.82, 2.24) is 10.2 Å². The Labute approximate surface area is 141 Å². The van der Waals surface area contributed by atoms with Crippen molar-refractivity contribution in [2.24, 2.45) is 0 Å². The molecule has 1 aromatic carbocycles. The highest BCUT2D eigenvalue weighted by Gasteiger charge is 2.21. The lowest BCUT2D eigenvalue weighted by Gasteiger charge is -2.20. The molecular formula is C16H24ClN3O3. The predicted molar refractivity (Wildman–Crippen MR) is 91.9 cm³/mol. The Balaban J connectivity index is 2.50. The number of aliphatic carboxylic acids is 1. The van der Waals surface area contributed by atoms with Crippen LogP contribution in [0, 0.1) is 0 Å². The van der Waals surface area contributed by atoms with E-state index in [1.807, 2.05) is 0 Å². The van der Waals surface area contributed by atoms with E-state index in [-0.39, 0.29) is 12.3 Å². The molecule has 6 nitrogen and oxygen atoms in total. The third-order valence-corrected chi connectivity index (χ3v) is 3.88. The van der Waals surface area contributed by atoms with Crippen LogP contribution < -0.4 is 10.6 Å².